The molecular weight excluding hydrogens is 457 g/mol. The number of anilines is 1. The molecule has 0 fully saturated rings. The van der Waals surface area contributed by atoms with Gasteiger partial charge in [0, 0.05) is 18.5 Å². The smallest absolute Gasteiger partial charge is 0.193 e. The zero-order chi connectivity index (χ0) is 18.4. The van der Waals surface area contributed by atoms with Crippen LogP contribution in [-0.2, 0) is 6.54 Å². The molecule has 0 amide bonds. The van der Waals surface area contributed by atoms with Crippen molar-refractivity contribution in [2.45, 2.75) is 6.54 Å². The number of aromatic nitrogens is 2. The molecule has 0 aliphatic heterocycles. The minimum atomic E-state index is 0. The number of guanidine groups is 1. The van der Waals surface area contributed by atoms with Gasteiger partial charge < -0.3 is 20.5 Å². The summed E-state index contributed by atoms with van der Waals surface area (Å²) in [5.41, 5.74) is 8.72. The van der Waals surface area contributed by atoms with Crippen LogP contribution < -0.4 is 20.5 Å². The molecule has 0 unspecified atom stereocenters. The first kappa shape index (κ1) is 20.6. The van der Waals surface area contributed by atoms with Crippen LogP contribution in [0.15, 0.2) is 65.9 Å². The van der Waals surface area contributed by atoms with Crippen molar-refractivity contribution >= 4 is 35.6 Å². The van der Waals surface area contributed by atoms with Gasteiger partial charge in [-0.1, -0.05) is 12.1 Å². The van der Waals surface area contributed by atoms with E-state index in [0.717, 1.165) is 11.3 Å². The molecule has 0 aliphatic rings. The lowest BCUT2D eigenvalue weighted by molar-refractivity contribution is 0.405. The highest BCUT2D eigenvalue weighted by atomic mass is 127. The Morgan fingerprint density at radius 2 is 2.00 bits per heavy atom. The Morgan fingerprint density at radius 3 is 2.70 bits per heavy atom. The van der Waals surface area contributed by atoms with Gasteiger partial charge in [0.1, 0.15) is 11.5 Å². The minimum Gasteiger partial charge on any atom is -0.497 e. The third-order valence-corrected chi connectivity index (χ3v) is 3.78. The van der Waals surface area contributed by atoms with Crippen molar-refractivity contribution in [1.82, 2.24) is 9.78 Å². The number of aliphatic imine (C=N–C) groups is 1. The summed E-state index contributed by atoms with van der Waals surface area (Å²) in [7, 11) is 3.21. The van der Waals surface area contributed by atoms with Crippen LogP contribution in [-0.4, -0.2) is 30.0 Å². The average Bonchev–Trinajstić information content (AvgIpc) is 3.21. The second-order valence-corrected chi connectivity index (χ2v) is 5.51. The van der Waals surface area contributed by atoms with Gasteiger partial charge in [-0.25, -0.2) is 9.67 Å². The van der Waals surface area contributed by atoms with E-state index in [0.29, 0.717) is 29.7 Å². The summed E-state index contributed by atoms with van der Waals surface area (Å²) in [5, 5.41) is 7.29. The predicted octanol–water partition coefficient (Wildman–Crippen LogP) is 3.43. The van der Waals surface area contributed by atoms with E-state index in [1.54, 1.807) is 31.2 Å². The number of nitrogens with two attached hydrogens (primary N) is 1. The first-order valence-electron chi connectivity index (χ1n) is 8.07. The molecule has 3 N–H and O–H groups in total. The number of halogens is 1. The molecule has 7 nitrogen and oxygen atoms in total. The molecule has 0 spiro atoms. The van der Waals surface area contributed by atoms with E-state index in [-0.39, 0.29) is 24.0 Å². The maximum absolute atomic E-state index is 6.03. The summed E-state index contributed by atoms with van der Waals surface area (Å²) in [6, 6.07) is 15.3. The molecule has 0 radical (unpaired) electrons. The standard InChI is InChI=1S/C19H21N5O2.HI/c1-25-16-7-8-18(26-2)17(12-16)23-19(20)21-13-14-5-3-6-15(11-14)24-10-4-9-22-24;/h3-12H,13H2,1-2H3,(H3,20,21,23);1H. The molecule has 3 aromatic rings. The quantitative estimate of drug-likeness (QED) is 0.322. The summed E-state index contributed by atoms with van der Waals surface area (Å²) in [4.78, 5) is 4.40. The van der Waals surface area contributed by atoms with Crippen LogP contribution in [0.2, 0.25) is 0 Å². The maximum Gasteiger partial charge on any atom is 0.193 e. The minimum absolute atomic E-state index is 0. The Kier molecular flexibility index (Phi) is 7.47. The molecule has 8 heteroatoms. The Balaban J connectivity index is 0.00000261. The van der Waals surface area contributed by atoms with Crippen LogP contribution in [0.1, 0.15) is 5.56 Å². The van der Waals surface area contributed by atoms with Crippen molar-refractivity contribution in [3.05, 3.63) is 66.5 Å². The summed E-state index contributed by atoms with van der Waals surface area (Å²) < 4.78 is 12.4. The molecule has 0 saturated heterocycles. The number of hydrogen-bond donors (Lipinski definition) is 2. The lowest BCUT2D eigenvalue weighted by atomic mass is 10.2. The van der Waals surface area contributed by atoms with E-state index in [9.17, 15) is 0 Å². The predicted molar refractivity (Wildman–Crippen MR) is 117 cm³/mol. The van der Waals surface area contributed by atoms with Crippen LogP contribution in [0.5, 0.6) is 11.5 Å². The Labute approximate surface area is 175 Å². The monoisotopic (exact) mass is 479 g/mol. The van der Waals surface area contributed by atoms with Crippen molar-refractivity contribution < 1.29 is 9.47 Å². The molecular formula is C19H22IN5O2. The van der Waals surface area contributed by atoms with E-state index >= 15 is 0 Å². The van der Waals surface area contributed by atoms with Gasteiger partial charge in [0.2, 0.25) is 0 Å². The third kappa shape index (κ3) is 5.36. The molecule has 3 rings (SSSR count). The topological polar surface area (TPSA) is 86.7 Å². The number of rotatable bonds is 6. The normalized spacial score (nSPS) is 10.8. The molecule has 0 atom stereocenters. The first-order chi connectivity index (χ1) is 12.7. The molecule has 142 valence electrons. The number of methoxy groups -OCH3 is 2. The van der Waals surface area contributed by atoms with Crippen LogP contribution in [0, 0.1) is 0 Å². The molecule has 27 heavy (non-hydrogen) atoms. The van der Waals surface area contributed by atoms with Gasteiger partial charge in [-0.2, -0.15) is 5.10 Å². The fraction of sp³-hybridized carbons (Fsp3) is 0.158. The van der Waals surface area contributed by atoms with Crippen LogP contribution in [0.3, 0.4) is 0 Å². The summed E-state index contributed by atoms with van der Waals surface area (Å²) in [5.74, 6) is 1.65. The molecule has 1 heterocycles. The molecule has 0 bridgehead atoms. The highest BCUT2D eigenvalue weighted by Crippen LogP contribution is 2.28. The highest BCUT2D eigenvalue weighted by Gasteiger charge is 2.06. The van der Waals surface area contributed by atoms with Gasteiger partial charge in [-0.05, 0) is 35.9 Å². The maximum atomic E-state index is 6.03. The highest BCUT2D eigenvalue weighted by molar-refractivity contribution is 14.0. The second kappa shape index (κ2) is 9.81. The Bertz CT molecular complexity index is 897. The van der Waals surface area contributed by atoms with Crippen molar-refractivity contribution in [3.63, 3.8) is 0 Å². The zero-order valence-corrected chi connectivity index (χ0v) is 17.5. The number of nitrogens with one attached hydrogen (secondary N) is 1. The number of nitrogens with zero attached hydrogens (tertiary/aromatic N) is 3. The van der Waals surface area contributed by atoms with Gasteiger partial charge in [0.15, 0.2) is 5.96 Å². The average molecular weight is 479 g/mol. The van der Waals surface area contributed by atoms with Gasteiger partial charge in [0.25, 0.3) is 0 Å². The summed E-state index contributed by atoms with van der Waals surface area (Å²) in [6.07, 6.45) is 3.64. The first-order valence-corrected chi connectivity index (χ1v) is 8.07. The van der Waals surface area contributed by atoms with Gasteiger partial charge in [-0.3, -0.25) is 0 Å². The third-order valence-electron chi connectivity index (χ3n) is 3.78. The molecule has 0 aliphatic carbocycles. The number of hydrogen-bond acceptors (Lipinski definition) is 4. The van der Waals surface area contributed by atoms with Crippen LogP contribution in [0.4, 0.5) is 5.69 Å². The van der Waals surface area contributed by atoms with Gasteiger partial charge >= 0.3 is 0 Å². The van der Waals surface area contributed by atoms with Crippen molar-refractivity contribution in [3.8, 4) is 17.2 Å². The van der Waals surface area contributed by atoms with Gasteiger partial charge in [0.05, 0.1) is 32.1 Å². The second-order valence-electron chi connectivity index (χ2n) is 5.51. The number of ether oxygens (including phenoxy) is 2. The number of benzene rings is 2. The van der Waals surface area contributed by atoms with E-state index in [4.69, 9.17) is 15.2 Å². The van der Waals surface area contributed by atoms with Crippen LogP contribution >= 0.6 is 24.0 Å². The van der Waals surface area contributed by atoms with E-state index < -0.39 is 0 Å². The zero-order valence-electron chi connectivity index (χ0n) is 15.1. The fourth-order valence-corrected chi connectivity index (χ4v) is 2.48. The Hall–Kier alpha value is -2.75. The molecule has 0 saturated carbocycles. The van der Waals surface area contributed by atoms with Crippen molar-refractivity contribution in [1.29, 1.82) is 0 Å². The van der Waals surface area contributed by atoms with Gasteiger partial charge in [-0.15, -0.1) is 24.0 Å². The lowest BCUT2D eigenvalue weighted by Crippen LogP contribution is -2.23. The Morgan fingerprint density at radius 1 is 1.15 bits per heavy atom. The fourth-order valence-electron chi connectivity index (χ4n) is 2.48. The van der Waals surface area contributed by atoms with Crippen molar-refractivity contribution in [2.75, 3.05) is 19.5 Å². The van der Waals surface area contributed by atoms with E-state index in [1.165, 1.54) is 0 Å². The van der Waals surface area contributed by atoms with Crippen LogP contribution in [0.25, 0.3) is 5.69 Å². The summed E-state index contributed by atoms with van der Waals surface area (Å²) in [6.45, 7) is 0.445. The largest absolute Gasteiger partial charge is 0.497 e. The molecule has 2 aromatic carbocycles. The SMILES string of the molecule is COc1ccc(OC)c(NC(N)=NCc2cccc(-n3cccn3)c2)c1.I. The lowest BCUT2D eigenvalue weighted by Gasteiger charge is -2.12. The van der Waals surface area contributed by atoms with E-state index in [2.05, 4.69) is 15.4 Å². The van der Waals surface area contributed by atoms with Crippen molar-refractivity contribution in [2.24, 2.45) is 10.7 Å². The summed E-state index contributed by atoms with van der Waals surface area (Å²) >= 11 is 0. The van der Waals surface area contributed by atoms with E-state index in [1.807, 2.05) is 48.7 Å². The molecule has 1 aromatic heterocycles.